The number of hydrogen-bond donors (Lipinski definition) is 0. The third-order valence-corrected chi connectivity index (χ3v) is 3.53. The molecule has 0 spiro atoms. The van der Waals surface area contributed by atoms with Crippen molar-refractivity contribution in [3.63, 3.8) is 0 Å². The first kappa shape index (κ1) is 13.0. The molecule has 0 aliphatic carbocycles. The number of aryl methyl sites for hydroxylation is 1. The second-order valence-electron chi connectivity index (χ2n) is 3.88. The zero-order chi connectivity index (χ0) is 12.1. The second-order valence-corrected chi connectivity index (χ2v) is 4.29. The normalized spacial score (nSPS) is 10.4. The van der Waals surface area contributed by atoms with Crippen LogP contribution < -0.4 is 4.43 Å². The third kappa shape index (κ3) is 2.22. The second kappa shape index (κ2) is 5.90. The molecule has 0 saturated heterocycles. The lowest BCUT2D eigenvalue weighted by Gasteiger charge is -2.19. The maximum Gasteiger partial charge on any atom is 0.204 e. The predicted octanol–water partition coefficient (Wildman–Crippen LogP) is 2.68. The lowest BCUT2D eigenvalue weighted by Crippen LogP contribution is -2.03. The van der Waals surface area contributed by atoms with Crippen LogP contribution in [0.3, 0.4) is 0 Å². The molecule has 88 valence electrons. The molecule has 0 aliphatic heterocycles. The third-order valence-electron chi connectivity index (χ3n) is 3.12. The minimum atomic E-state index is 0.757. The summed E-state index contributed by atoms with van der Waals surface area (Å²) >= 11 is 0. The standard InChI is InChI=1S/C14H22OSi/c1-5-10-9-11(6-2)14(15-16)13(8-4)12(10)7-3/h5,9H,1,6-8H2,2-4,16H3. The molecule has 0 bridgehead atoms. The van der Waals surface area contributed by atoms with Crippen LogP contribution in [0.1, 0.15) is 43.0 Å². The summed E-state index contributed by atoms with van der Waals surface area (Å²) in [5.41, 5.74) is 5.38. The van der Waals surface area contributed by atoms with E-state index < -0.39 is 0 Å². The van der Waals surface area contributed by atoms with E-state index in [1.807, 2.05) is 6.08 Å². The van der Waals surface area contributed by atoms with Crippen LogP contribution in [-0.2, 0) is 19.3 Å². The van der Waals surface area contributed by atoms with Crippen molar-refractivity contribution in [1.82, 2.24) is 0 Å². The van der Waals surface area contributed by atoms with E-state index in [4.69, 9.17) is 4.43 Å². The Balaban J connectivity index is 3.54. The smallest absolute Gasteiger partial charge is 0.204 e. The highest BCUT2D eigenvalue weighted by Gasteiger charge is 2.13. The summed E-state index contributed by atoms with van der Waals surface area (Å²) in [5, 5.41) is 0. The van der Waals surface area contributed by atoms with Crippen molar-refractivity contribution < 1.29 is 4.43 Å². The maximum atomic E-state index is 5.70. The van der Waals surface area contributed by atoms with Crippen molar-refractivity contribution >= 4 is 16.6 Å². The Morgan fingerprint density at radius 1 is 1.19 bits per heavy atom. The molecule has 0 amide bonds. The first-order chi connectivity index (χ1) is 7.73. The zero-order valence-electron chi connectivity index (χ0n) is 10.9. The van der Waals surface area contributed by atoms with Gasteiger partial charge in [-0.3, -0.25) is 0 Å². The van der Waals surface area contributed by atoms with E-state index in [1.54, 1.807) is 0 Å². The molecular weight excluding hydrogens is 212 g/mol. The highest BCUT2D eigenvalue weighted by atomic mass is 28.2. The van der Waals surface area contributed by atoms with Crippen LogP contribution in [0, 0.1) is 0 Å². The minimum Gasteiger partial charge on any atom is -0.553 e. The fourth-order valence-electron chi connectivity index (χ4n) is 2.34. The van der Waals surface area contributed by atoms with E-state index >= 15 is 0 Å². The molecule has 0 aromatic heterocycles. The van der Waals surface area contributed by atoms with Crippen molar-refractivity contribution in [3.8, 4) is 5.75 Å². The van der Waals surface area contributed by atoms with Crippen LogP contribution in [0.25, 0.3) is 6.08 Å². The van der Waals surface area contributed by atoms with Gasteiger partial charge in [0.25, 0.3) is 0 Å². The lowest BCUT2D eigenvalue weighted by atomic mass is 9.92. The molecule has 0 fully saturated rings. The van der Waals surface area contributed by atoms with Crippen LogP contribution in [0.15, 0.2) is 12.6 Å². The van der Waals surface area contributed by atoms with E-state index in [-0.39, 0.29) is 0 Å². The summed E-state index contributed by atoms with van der Waals surface area (Å²) in [6.07, 6.45) is 5.07. The molecule has 1 aromatic rings. The van der Waals surface area contributed by atoms with Crippen LogP contribution in [0.5, 0.6) is 5.75 Å². The maximum absolute atomic E-state index is 5.70. The molecule has 0 atom stereocenters. The summed E-state index contributed by atoms with van der Waals surface area (Å²) < 4.78 is 5.70. The molecule has 0 heterocycles. The molecular formula is C14H22OSi. The van der Waals surface area contributed by atoms with Crippen LogP contribution >= 0.6 is 0 Å². The summed E-state index contributed by atoms with van der Waals surface area (Å²) in [6.45, 7) is 10.5. The minimum absolute atomic E-state index is 0.757. The van der Waals surface area contributed by atoms with Gasteiger partial charge in [-0.2, -0.15) is 0 Å². The molecule has 0 aliphatic rings. The van der Waals surface area contributed by atoms with Crippen LogP contribution in [0.2, 0.25) is 0 Å². The topological polar surface area (TPSA) is 9.23 Å². The van der Waals surface area contributed by atoms with Crippen molar-refractivity contribution in [1.29, 1.82) is 0 Å². The molecule has 1 nitrogen and oxygen atoms in total. The summed E-state index contributed by atoms with van der Waals surface area (Å²) in [6, 6.07) is 2.23. The van der Waals surface area contributed by atoms with Crippen molar-refractivity contribution in [2.24, 2.45) is 0 Å². The monoisotopic (exact) mass is 234 g/mol. The Morgan fingerprint density at radius 2 is 1.81 bits per heavy atom. The van der Waals surface area contributed by atoms with Gasteiger partial charge in [-0.25, -0.2) is 0 Å². The number of hydrogen-bond acceptors (Lipinski definition) is 1. The van der Waals surface area contributed by atoms with Crippen molar-refractivity contribution in [2.75, 3.05) is 0 Å². The highest BCUT2D eigenvalue weighted by Crippen LogP contribution is 2.32. The van der Waals surface area contributed by atoms with Gasteiger partial charge >= 0.3 is 0 Å². The number of benzene rings is 1. The van der Waals surface area contributed by atoms with Gasteiger partial charge in [-0.05, 0) is 47.6 Å². The van der Waals surface area contributed by atoms with Gasteiger partial charge < -0.3 is 4.43 Å². The SMILES string of the molecule is C=Cc1cc(CC)c(O[SiH3])c(CC)c1CC. The quantitative estimate of drug-likeness (QED) is 0.712. The first-order valence-corrected chi connectivity index (χ1v) is 6.89. The van der Waals surface area contributed by atoms with Crippen molar-refractivity contribution in [3.05, 3.63) is 34.9 Å². The van der Waals surface area contributed by atoms with Gasteiger partial charge in [0.15, 0.2) is 0 Å². The molecule has 16 heavy (non-hydrogen) atoms. The fourth-order valence-corrected chi connectivity index (χ4v) is 2.84. The largest absolute Gasteiger partial charge is 0.553 e. The molecule has 0 radical (unpaired) electrons. The Morgan fingerprint density at radius 3 is 2.19 bits per heavy atom. The average molecular weight is 234 g/mol. The van der Waals surface area contributed by atoms with E-state index in [9.17, 15) is 0 Å². The fraction of sp³-hybridized carbons (Fsp3) is 0.429. The van der Waals surface area contributed by atoms with Gasteiger partial charge in [0, 0.05) is 0 Å². The molecule has 1 rings (SSSR count). The van der Waals surface area contributed by atoms with E-state index in [1.165, 1.54) is 22.3 Å². The van der Waals surface area contributed by atoms with Crippen LogP contribution in [-0.4, -0.2) is 10.5 Å². The zero-order valence-corrected chi connectivity index (χ0v) is 12.9. The lowest BCUT2D eigenvalue weighted by molar-refractivity contribution is 0.594. The highest BCUT2D eigenvalue weighted by molar-refractivity contribution is 6.00. The van der Waals surface area contributed by atoms with Crippen LogP contribution in [0.4, 0.5) is 0 Å². The summed E-state index contributed by atoms with van der Waals surface area (Å²) in [7, 11) is 0.757. The van der Waals surface area contributed by atoms with Gasteiger partial charge in [-0.1, -0.05) is 33.4 Å². The van der Waals surface area contributed by atoms with Gasteiger partial charge in [0.1, 0.15) is 5.75 Å². The van der Waals surface area contributed by atoms with Crippen molar-refractivity contribution in [2.45, 2.75) is 40.0 Å². The Kier molecular flexibility index (Phi) is 4.81. The van der Waals surface area contributed by atoms with E-state index in [0.29, 0.717) is 0 Å². The first-order valence-electron chi connectivity index (χ1n) is 6.07. The molecule has 0 N–H and O–H groups in total. The van der Waals surface area contributed by atoms with Gasteiger partial charge in [-0.15, -0.1) is 0 Å². The summed E-state index contributed by atoms with van der Waals surface area (Å²) in [5.74, 6) is 1.14. The Labute approximate surface area is 102 Å². The number of rotatable bonds is 5. The molecule has 0 saturated carbocycles. The Bertz CT molecular complexity index is 383. The van der Waals surface area contributed by atoms with E-state index in [2.05, 4.69) is 33.4 Å². The van der Waals surface area contributed by atoms with E-state index in [0.717, 1.165) is 35.5 Å². The molecule has 0 unspecified atom stereocenters. The average Bonchev–Trinajstić information content (AvgIpc) is 2.35. The summed E-state index contributed by atoms with van der Waals surface area (Å²) in [4.78, 5) is 0. The Hall–Kier alpha value is -1.02. The van der Waals surface area contributed by atoms with Gasteiger partial charge in [0.05, 0.1) is 0 Å². The molecule has 1 aromatic carbocycles. The predicted molar refractivity (Wildman–Crippen MR) is 75.2 cm³/mol. The molecule has 2 heteroatoms. The van der Waals surface area contributed by atoms with Gasteiger partial charge in [0.2, 0.25) is 10.5 Å².